The summed E-state index contributed by atoms with van der Waals surface area (Å²) in [6.45, 7) is 4.64. The summed E-state index contributed by atoms with van der Waals surface area (Å²) in [6.07, 6.45) is 3.56. The van der Waals surface area contributed by atoms with Gasteiger partial charge in [-0.15, -0.1) is 0 Å². The predicted molar refractivity (Wildman–Crippen MR) is 114 cm³/mol. The molecular weight excluding hydrogens is 354 g/mol. The number of aryl methyl sites for hydroxylation is 1. The zero-order chi connectivity index (χ0) is 19.1. The van der Waals surface area contributed by atoms with Gasteiger partial charge in [0.1, 0.15) is 12.4 Å². The van der Waals surface area contributed by atoms with Crippen LogP contribution in [0.15, 0.2) is 73.1 Å². The van der Waals surface area contributed by atoms with E-state index >= 15 is 0 Å². The average Bonchev–Trinajstić information content (AvgIpc) is 2.69. The van der Waals surface area contributed by atoms with E-state index in [0.717, 1.165) is 28.1 Å². The van der Waals surface area contributed by atoms with Crippen LogP contribution in [-0.2, 0) is 6.61 Å². The molecule has 0 saturated carbocycles. The first-order valence-corrected chi connectivity index (χ1v) is 9.27. The molecular formula is C22H23N3OS. The highest BCUT2D eigenvalue weighted by molar-refractivity contribution is 7.80. The van der Waals surface area contributed by atoms with Gasteiger partial charge in [-0.05, 0) is 61.5 Å². The molecule has 2 N–H and O–H groups in total. The first-order valence-electron chi connectivity index (χ1n) is 8.86. The van der Waals surface area contributed by atoms with Gasteiger partial charge in [-0.2, -0.15) is 0 Å². The van der Waals surface area contributed by atoms with Gasteiger partial charge in [0.15, 0.2) is 5.11 Å². The average molecular weight is 378 g/mol. The highest BCUT2D eigenvalue weighted by atomic mass is 32.1. The van der Waals surface area contributed by atoms with E-state index in [4.69, 9.17) is 17.0 Å². The lowest BCUT2D eigenvalue weighted by Crippen LogP contribution is -2.31. The quantitative estimate of drug-likeness (QED) is 0.591. The third kappa shape index (κ3) is 5.53. The van der Waals surface area contributed by atoms with Crippen molar-refractivity contribution in [2.75, 3.05) is 5.32 Å². The summed E-state index contributed by atoms with van der Waals surface area (Å²) in [5, 5.41) is 7.18. The Labute approximate surface area is 165 Å². The number of hydrogen-bond donors (Lipinski definition) is 2. The van der Waals surface area contributed by atoms with Crippen LogP contribution in [0.1, 0.15) is 29.7 Å². The zero-order valence-electron chi connectivity index (χ0n) is 15.5. The van der Waals surface area contributed by atoms with Crippen LogP contribution >= 0.6 is 12.2 Å². The molecule has 3 aromatic rings. The monoisotopic (exact) mass is 377 g/mol. The maximum Gasteiger partial charge on any atom is 0.171 e. The predicted octanol–water partition coefficient (Wildman–Crippen LogP) is 5.02. The Morgan fingerprint density at radius 2 is 1.85 bits per heavy atom. The minimum atomic E-state index is 0.0846. The number of nitrogens with one attached hydrogen (secondary N) is 2. The summed E-state index contributed by atoms with van der Waals surface area (Å²) in [6, 6.07) is 20.1. The first kappa shape index (κ1) is 18.9. The Morgan fingerprint density at radius 3 is 2.56 bits per heavy atom. The lowest BCUT2D eigenvalue weighted by molar-refractivity contribution is 0.305. The second kappa shape index (κ2) is 9.14. The topological polar surface area (TPSA) is 46.2 Å². The van der Waals surface area contributed by atoms with Gasteiger partial charge in [0.2, 0.25) is 0 Å². The second-order valence-electron chi connectivity index (χ2n) is 6.35. The van der Waals surface area contributed by atoms with Crippen molar-refractivity contribution in [3.05, 3.63) is 89.7 Å². The minimum Gasteiger partial charge on any atom is -0.489 e. The van der Waals surface area contributed by atoms with Crippen LogP contribution in [0, 0.1) is 6.92 Å². The van der Waals surface area contributed by atoms with E-state index in [2.05, 4.69) is 35.5 Å². The Balaban J connectivity index is 1.53. The molecule has 3 rings (SSSR count). The largest absolute Gasteiger partial charge is 0.489 e. The molecule has 0 saturated heterocycles. The van der Waals surface area contributed by atoms with Crippen molar-refractivity contribution in [2.45, 2.75) is 26.5 Å². The van der Waals surface area contributed by atoms with E-state index < -0.39 is 0 Å². The van der Waals surface area contributed by atoms with Gasteiger partial charge in [0.05, 0.1) is 6.04 Å². The number of anilines is 1. The number of hydrogen-bond acceptors (Lipinski definition) is 3. The Kier molecular flexibility index (Phi) is 6.39. The lowest BCUT2D eigenvalue weighted by atomic mass is 10.1. The molecule has 5 heteroatoms. The van der Waals surface area contributed by atoms with Crippen molar-refractivity contribution in [3.63, 3.8) is 0 Å². The normalized spacial score (nSPS) is 11.5. The number of aromatic nitrogens is 1. The molecule has 0 radical (unpaired) electrons. The van der Waals surface area contributed by atoms with Crippen molar-refractivity contribution in [3.8, 4) is 5.75 Å². The zero-order valence-corrected chi connectivity index (χ0v) is 16.3. The fraction of sp³-hybridized carbons (Fsp3) is 0.182. The summed E-state index contributed by atoms with van der Waals surface area (Å²) < 4.78 is 5.80. The number of nitrogens with zero attached hydrogens (tertiary/aromatic N) is 1. The van der Waals surface area contributed by atoms with Crippen LogP contribution in [0.4, 0.5) is 5.69 Å². The molecule has 2 aromatic carbocycles. The van der Waals surface area contributed by atoms with Gasteiger partial charge in [0, 0.05) is 23.6 Å². The fourth-order valence-electron chi connectivity index (χ4n) is 2.65. The van der Waals surface area contributed by atoms with Crippen LogP contribution in [-0.4, -0.2) is 10.1 Å². The highest BCUT2D eigenvalue weighted by Crippen LogP contribution is 2.19. The maximum atomic E-state index is 5.80. The van der Waals surface area contributed by atoms with E-state index in [1.807, 2.05) is 60.8 Å². The van der Waals surface area contributed by atoms with E-state index in [1.54, 1.807) is 6.20 Å². The van der Waals surface area contributed by atoms with E-state index in [0.29, 0.717) is 11.7 Å². The van der Waals surface area contributed by atoms with Crippen LogP contribution in [0.3, 0.4) is 0 Å². The molecule has 0 fully saturated rings. The van der Waals surface area contributed by atoms with Crippen LogP contribution in [0.5, 0.6) is 5.75 Å². The van der Waals surface area contributed by atoms with Crippen molar-refractivity contribution < 1.29 is 4.74 Å². The summed E-state index contributed by atoms with van der Waals surface area (Å²) in [5.74, 6) is 0.829. The standard InChI is InChI=1S/C22H23N3OS/c1-16-6-3-4-8-21(16)25-22(27)24-17(2)19-9-11-20(12-10-19)26-15-18-7-5-13-23-14-18/h3-14,17H,15H2,1-2H3,(H2,24,25,27). The molecule has 4 nitrogen and oxygen atoms in total. The molecule has 138 valence electrons. The summed E-state index contributed by atoms with van der Waals surface area (Å²) >= 11 is 5.44. The Morgan fingerprint density at radius 1 is 1.07 bits per heavy atom. The van der Waals surface area contributed by atoms with Crippen LogP contribution in [0.2, 0.25) is 0 Å². The number of ether oxygens (including phenoxy) is 1. The summed E-state index contributed by atoms with van der Waals surface area (Å²) in [5.41, 5.74) is 4.35. The molecule has 1 unspecified atom stereocenters. The molecule has 1 heterocycles. The van der Waals surface area contributed by atoms with Gasteiger partial charge >= 0.3 is 0 Å². The maximum absolute atomic E-state index is 5.80. The third-order valence-corrected chi connectivity index (χ3v) is 4.47. The smallest absolute Gasteiger partial charge is 0.171 e. The molecule has 0 aliphatic carbocycles. The third-order valence-electron chi connectivity index (χ3n) is 4.25. The van der Waals surface area contributed by atoms with Gasteiger partial charge in [-0.1, -0.05) is 36.4 Å². The molecule has 1 atom stereocenters. The SMILES string of the molecule is Cc1ccccc1NC(=S)NC(C)c1ccc(OCc2cccnc2)cc1. The van der Waals surface area contributed by atoms with Gasteiger partial charge in [0.25, 0.3) is 0 Å². The summed E-state index contributed by atoms with van der Waals surface area (Å²) in [4.78, 5) is 4.09. The lowest BCUT2D eigenvalue weighted by Gasteiger charge is -2.18. The molecule has 0 aliphatic rings. The first-order chi connectivity index (χ1) is 13.1. The van der Waals surface area contributed by atoms with E-state index in [-0.39, 0.29) is 6.04 Å². The molecule has 0 bridgehead atoms. The molecule has 0 aliphatic heterocycles. The Bertz CT molecular complexity index is 882. The van der Waals surface area contributed by atoms with Crippen molar-refractivity contribution in [1.82, 2.24) is 10.3 Å². The highest BCUT2D eigenvalue weighted by Gasteiger charge is 2.08. The fourth-order valence-corrected chi connectivity index (χ4v) is 2.94. The number of para-hydroxylation sites is 1. The van der Waals surface area contributed by atoms with Gasteiger partial charge in [-0.25, -0.2) is 0 Å². The number of benzene rings is 2. The van der Waals surface area contributed by atoms with E-state index in [9.17, 15) is 0 Å². The van der Waals surface area contributed by atoms with Crippen molar-refractivity contribution in [1.29, 1.82) is 0 Å². The van der Waals surface area contributed by atoms with Crippen LogP contribution in [0.25, 0.3) is 0 Å². The van der Waals surface area contributed by atoms with Crippen LogP contribution < -0.4 is 15.4 Å². The van der Waals surface area contributed by atoms with Crippen molar-refractivity contribution >= 4 is 23.0 Å². The number of rotatable bonds is 6. The van der Waals surface area contributed by atoms with Gasteiger partial charge < -0.3 is 15.4 Å². The molecule has 0 spiro atoms. The van der Waals surface area contributed by atoms with E-state index in [1.165, 1.54) is 0 Å². The van der Waals surface area contributed by atoms with Crippen molar-refractivity contribution in [2.24, 2.45) is 0 Å². The summed E-state index contributed by atoms with van der Waals surface area (Å²) in [7, 11) is 0. The second-order valence-corrected chi connectivity index (χ2v) is 6.76. The number of pyridine rings is 1. The molecule has 0 amide bonds. The molecule has 1 aromatic heterocycles. The molecule has 27 heavy (non-hydrogen) atoms. The van der Waals surface area contributed by atoms with Gasteiger partial charge in [-0.3, -0.25) is 4.98 Å². The number of thiocarbonyl (C=S) groups is 1. The Hall–Kier alpha value is -2.92. The minimum absolute atomic E-state index is 0.0846.